The van der Waals surface area contributed by atoms with Gasteiger partial charge in [-0.25, -0.2) is 28.7 Å². The van der Waals surface area contributed by atoms with Gasteiger partial charge < -0.3 is 64.1 Å². The lowest BCUT2D eigenvalue weighted by Crippen LogP contribution is -2.48. The number of nitrogens with one attached hydrogen (secondary N) is 4. The molecule has 0 spiro atoms. The number of hydrogen-bond donors (Lipinski definition) is 4. The Bertz CT molecular complexity index is 2900. The molecule has 2 aromatic carbocycles. The molecule has 2 fully saturated rings. The first-order valence-electron chi connectivity index (χ1n) is 25.4. The highest BCUT2D eigenvalue weighted by Gasteiger charge is 2.38. The monoisotopic (exact) mass is 1100 g/mol. The maximum Gasteiger partial charge on any atom is 0.303 e. The highest BCUT2D eigenvalue weighted by Crippen LogP contribution is 2.26. The molecule has 4 aromatic rings. The molecule has 24 nitrogen and oxygen atoms in total. The van der Waals surface area contributed by atoms with Gasteiger partial charge in [0.15, 0.2) is 41.4 Å². The zero-order valence-electron chi connectivity index (χ0n) is 45.0. The van der Waals surface area contributed by atoms with Crippen molar-refractivity contribution >= 4 is 41.0 Å². The van der Waals surface area contributed by atoms with Crippen LogP contribution in [-0.4, -0.2) is 157 Å². The molecule has 8 rings (SSSR count). The Hall–Kier alpha value is -7.81. The number of carbonyl (C=O) groups is 5. The number of aromatic nitrogens is 4. The standard InChI is InChI=1S/C27H32FN5O8.C26H32FN5O6/c1-14(40-16(3)34)26(35)30-11-18-12-39-25(13-38-18)24-9-21(33-41-24)20-8-22(32-15(2)31-20)27(36)29-10-17-5-6-19(28)23(7-17)37-4;1-14(2)25(33)29-11-17-12-37-24(13-36-17)23-9-20(32-38-23)19-8-21(31-15(3)30-19)26(34)28-10-16-5-6-18(27)22(7-16)35-4/h5-8,14,18,24-25H,9-13H2,1-4H3,(H,29,36)(H,30,35);5-8,14,17,23-24H,9-13H2,1-4H3,(H,28,34)(H,29,33)/t14-,18+,24-,25+;17-,23+,24-/m01/s1. The average Bonchev–Trinajstić information content (AvgIpc) is 4.15. The van der Waals surface area contributed by atoms with Crippen molar-refractivity contribution in [3.8, 4) is 11.5 Å². The van der Waals surface area contributed by atoms with Gasteiger partial charge in [0.25, 0.3) is 17.7 Å². The molecule has 4 aliphatic heterocycles. The van der Waals surface area contributed by atoms with Crippen LogP contribution in [0.15, 0.2) is 58.8 Å². The third kappa shape index (κ3) is 16.6. The summed E-state index contributed by atoms with van der Waals surface area (Å²) in [7, 11) is 2.75. The van der Waals surface area contributed by atoms with E-state index in [9.17, 15) is 32.8 Å². The smallest absolute Gasteiger partial charge is 0.303 e. The van der Waals surface area contributed by atoms with Crippen LogP contribution in [0.25, 0.3) is 0 Å². The zero-order chi connectivity index (χ0) is 56.8. The predicted molar refractivity (Wildman–Crippen MR) is 275 cm³/mol. The number of methoxy groups -OCH3 is 2. The lowest BCUT2D eigenvalue weighted by molar-refractivity contribution is -0.171. The Morgan fingerprint density at radius 2 is 1.04 bits per heavy atom. The normalized spacial score (nSPS) is 20.9. The van der Waals surface area contributed by atoms with E-state index in [2.05, 4.69) is 51.5 Å². The lowest BCUT2D eigenvalue weighted by atomic mass is 10.0. The zero-order valence-corrected chi connectivity index (χ0v) is 45.0. The minimum Gasteiger partial charge on any atom is -0.494 e. The third-order valence-electron chi connectivity index (χ3n) is 12.5. The largest absolute Gasteiger partial charge is 0.494 e. The molecule has 4 amide bonds. The summed E-state index contributed by atoms with van der Waals surface area (Å²) < 4.78 is 65.6. The van der Waals surface area contributed by atoms with Crippen molar-refractivity contribution in [1.29, 1.82) is 0 Å². The molecule has 0 unspecified atom stereocenters. The summed E-state index contributed by atoms with van der Waals surface area (Å²) >= 11 is 0. The van der Waals surface area contributed by atoms with E-state index >= 15 is 0 Å². The first-order chi connectivity index (χ1) is 37.8. The number of benzene rings is 2. The van der Waals surface area contributed by atoms with Crippen molar-refractivity contribution in [2.45, 2.75) is 110 Å². The number of halogens is 2. The van der Waals surface area contributed by atoms with Gasteiger partial charge in [0.05, 0.1) is 64.2 Å². The van der Waals surface area contributed by atoms with Crippen molar-refractivity contribution in [3.63, 3.8) is 0 Å². The highest BCUT2D eigenvalue weighted by atomic mass is 19.1. The van der Waals surface area contributed by atoms with E-state index in [1.165, 1.54) is 58.4 Å². The summed E-state index contributed by atoms with van der Waals surface area (Å²) in [6.45, 7) is 11.7. The summed E-state index contributed by atoms with van der Waals surface area (Å²) in [5, 5.41) is 19.4. The number of esters is 1. The number of aryl methyl sites for hydroxylation is 2. The molecule has 26 heteroatoms. The fourth-order valence-corrected chi connectivity index (χ4v) is 8.19. The van der Waals surface area contributed by atoms with E-state index in [1.54, 1.807) is 32.0 Å². The second-order valence-electron chi connectivity index (χ2n) is 19.0. The number of nitrogens with zero attached hydrogens (tertiary/aromatic N) is 6. The first-order valence-corrected chi connectivity index (χ1v) is 25.4. The molecule has 4 N–H and O–H groups in total. The molecule has 79 heavy (non-hydrogen) atoms. The molecule has 424 valence electrons. The summed E-state index contributed by atoms with van der Waals surface area (Å²) in [6.07, 6.45) is -2.21. The van der Waals surface area contributed by atoms with E-state index < -0.39 is 53.6 Å². The van der Waals surface area contributed by atoms with E-state index in [0.29, 0.717) is 78.2 Å². The van der Waals surface area contributed by atoms with Crippen LogP contribution >= 0.6 is 0 Å². The molecule has 0 radical (unpaired) electrons. The van der Waals surface area contributed by atoms with Crippen LogP contribution < -0.4 is 30.7 Å². The van der Waals surface area contributed by atoms with E-state index in [-0.39, 0.29) is 92.0 Å². The number of carbonyl (C=O) groups excluding carboxylic acids is 5. The highest BCUT2D eigenvalue weighted by molar-refractivity contribution is 6.03. The van der Waals surface area contributed by atoms with Crippen LogP contribution in [-0.2, 0) is 60.8 Å². The van der Waals surface area contributed by atoms with Crippen LogP contribution in [0.3, 0.4) is 0 Å². The fraction of sp³-hybridized carbons (Fsp3) is 0.491. The topological polar surface area (TPSA) is 293 Å². The molecule has 0 saturated carbocycles. The minimum atomic E-state index is -0.900. The summed E-state index contributed by atoms with van der Waals surface area (Å²) in [4.78, 5) is 88.9. The fourth-order valence-electron chi connectivity index (χ4n) is 8.19. The quantitative estimate of drug-likeness (QED) is 0.0981. The van der Waals surface area contributed by atoms with Gasteiger partial charge in [-0.15, -0.1) is 0 Å². The lowest BCUT2D eigenvalue weighted by Gasteiger charge is -2.31. The Labute approximate surface area is 454 Å². The molecular weight excluding hydrogens is 1040 g/mol. The molecule has 2 saturated heterocycles. The molecule has 0 aliphatic carbocycles. The van der Waals surface area contributed by atoms with Gasteiger partial charge in [0.1, 0.15) is 46.7 Å². The number of ether oxygens (including phenoxy) is 7. The van der Waals surface area contributed by atoms with E-state index in [1.807, 2.05) is 13.8 Å². The minimum absolute atomic E-state index is 0.0308. The third-order valence-corrected chi connectivity index (χ3v) is 12.5. The summed E-state index contributed by atoms with van der Waals surface area (Å²) in [6, 6.07) is 11.8. The molecule has 0 bridgehead atoms. The van der Waals surface area contributed by atoms with Gasteiger partial charge in [-0.3, -0.25) is 24.0 Å². The second kappa shape index (κ2) is 27.7. The summed E-state index contributed by atoms with van der Waals surface area (Å²) in [5.74, 6) is -1.90. The SMILES string of the molecule is COc1cc(CNC(=O)c2cc(C3=NO[C@H]([C@H]4CO[C@H](CNC(=O)C(C)C)CO4)C3)nc(C)n2)ccc1F.COc1cc(CNC(=O)c2cc(C3=NO[C@H]([C@H]4CO[C@H](CNC(=O)[C@H](C)OC(C)=O)CO4)C3)nc(C)n2)ccc1F. The van der Waals surface area contributed by atoms with Gasteiger partial charge in [-0.05, 0) is 68.3 Å². The number of rotatable bonds is 19. The molecule has 7 atom stereocenters. The molecule has 6 heterocycles. The van der Waals surface area contributed by atoms with Crippen molar-refractivity contribution in [2.75, 3.05) is 53.7 Å². The van der Waals surface area contributed by atoms with Crippen molar-refractivity contribution in [1.82, 2.24) is 41.2 Å². The van der Waals surface area contributed by atoms with Crippen LogP contribution in [0.5, 0.6) is 11.5 Å². The average molecular weight is 1100 g/mol. The van der Waals surface area contributed by atoms with Gasteiger partial charge in [0, 0.05) is 51.9 Å². The molecule has 2 aromatic heterocycles. The number of hydrogen-bond acceptors (Lipinski definition) is 20. The van der Waals surface area contributed by atoms with E-state index in [4.69, 9.17) is 42.8 Å². The van der Waals surface area contributed by atoms with Crippen molar-refractivity contribution in [2.24, 2.45) is 16.2 Å². The Morgan fingerprint density at radius 3 is 1.43 bits per heavy atom. The van der Waals surface area contributed by atoms with E-state index in [0.717, 1.165) is 0 Å². The van der Waals surface area contributed by atoms with Gasteiger partial charge in [-0.2, -0.15) is 0 Å². The van der Waals surface area contributed by atoms with Gasteiger partial charge in [0.2, 0.25) is 5.91 Å². The first kappa shape index (κ1) is 58.9. The van der Waals surface area contributed by atoms with Crippen LogP contribution in [0, 0.1) is 31.4 Å². The van der Waals surface area contributed by atoms with Gasteiger partial charge >= 0.3 is 5.97 Å². The summed E-state index contributed by atoms with van der Waals surface area (Å²) in [5.41, 5.74) is 3.72. The van der Waals surface area contributed by atoms with Crippen LogP contribution in [0.1, 0.15) is 95.7 Å². The Balaban J connectivity index is 0.000000229. The van der Waals surface area contributed by atoms with Crippen LogP contribution in [0.4, 0.5) is 8.78 Å². The van der Waals surface area contributed by atoms with Crippen molar-refractivity contribution < 1.29 is 75.6 Å². The Morgan fingerprint density at radius 1 is 0.595 bits per heavy atom. The number of amides is 4. The molecular formula is C53H64F2N10O14. The second-order valence-corrected chi connectivity index (χ2v) is 19.0. The predicted octanol–water partition coefficient (Wildman–Crippen LogP) is 3.12. The van der Waals surface area contributed by atoms with Crippen molar-refractivity contribution in [3.05, 3.63) is 106 Å². The molecule has 4 aliphatic rings. The Kier molecular flexibility index (Phi) is 20.6. The van der Waals surface area contributed by atoms with Crippen LogP contribution in [0.2, 0.25) is 0 Å². The maximum absolute atomic E-state index is 13.7. The number of oxime groups is 2. The van der Waals surface area contributed by atoms with Gasteiger partial charge in [-0.1, -0.05) is 36.3 Å². The maximum atomic E-state index is 13.7.